The van der Waals surface area contributed by atoms with Gasteiger partial charge < -0.3 is 5.32 Å². The fourth-order valence-electron chi connectivity index (χ4n) is 1.16. The van der Waals surface area contributed by atoms with E-state index in [0.717, 1.165) is 11.3 Å². The predicted octanol–water partition coefficient (Wildman–Crippen LogP) is 3.15. The maximum atomic E-state index is 11.7. The van der Waals surface area contributed by atoms with E-state index >= 15 is 0 Å². The number of Topliss-reactive ketones (excluding diaryl/α,β-unsaturated/α-hetero) is 1. The zero-order valence-electron chi connectivity index (χ0n) is 8.84. The van der Waals surface area contributed by atoms with Gasteiger partial charge in [0.05, 0.1) is 15.9 Å². The quantitative estimate of drug-likeness (QED) is 0.920. The number of rotatable bonds is 4. The Bertz CT molecular complexity index is 417. The summed E-state index contributed by atoms with van der Waals surface area (Å²) in [6.45, 7) is 3.39. The Morgan fingerprint density at radius 3 is 2.56 bits per heavy atom. The molecule has 1 amide bonds. The summed E-state index contributed by atoms with van der Waals surface area (Å²) in [6, 6.07) is 0.986. The van der Waals surface area contributed by atoms with Crippen LogP contribution in [0.25, 0.3) is 0 Å². The van der Waals surface area contributed by atoms with E-state index < -0.39 is 6.04 Å². The molecule has 1 rings (SSSR count). The molecule has 0 aliphatic heterocycles. The highest BCUT2D eigenvalue weighted by Gasteiger charge is 2.18. The molecule has 0 spiro atoms. The van der Waals surface area contributed by atoms with Crippen LogP contribution in [0, 0.1) is 0 Å². The van der Waals surface area contributed by atoms with E-state index in [1.165, 1.54) is 6.07 Å². The lowest BCUT2D eigenvalue weighted by atomic mass is 10.1. The number of halogens is 2. The van der Waals surface area contributed by atoms with E-state index in [-0.39, 0.29) is 11.7 Å². The summed E-state index contributed by atoms with van der Waals surface area (Å²) in [7, 11) is 0. The molecule has 0 saturated carbocycles. The minimum absolute atomic E-state index is 0.0224. The first kappa shape index (κ1) is 13.5. The van der Waals surface area contributed by atoms with Gasteiger partial charge in [-0.1, -0.05) is 30.1 Å². The first-order valence-corrected chi connectivity index (χ1v) is 6.31. The van der Waals surface area contributed by atoms with Crippen LogP contribution in [0.4, 0.5) is 0 Å². The second-order valence-electron chi connectivity index (χ2n) is 3.25. The molecule has 0 radical (unpaired) electrons. The number of ketones is 1. The average Bonchev–Trinajstić information content (AvgIpc) is 2.56. The molecule has 1 N–H and O–H groups in total. The highest BCUT2D eigenvalue weighted by molar-refractivity contribution is 7.20. The van der Waals surface area contributed by atoms with Gasteiger partial charge in [-0.25, -0.2) is 0 Å². The van der Waals surface area contributed by atoms with Gasteiger partial charge in [0.25, 0.3) is 5.91 Å². The second kappa shape index (κ2) is 5.66. The van der Waals surface area contributed by atoms with Crippen molar-refractivity contribution in [1.29, 1.82) is 0 Å². The maximum absolute atomic E-state index is 11.7. The summed E-state index contributed by atoms with van der Waals surface area (Å²) >= 11 is 12.7. The topological polar surface area (TPSA) is 46.2 Å². The number of carbonyl (C=O) groups excluding carboxylic acids is 2. The zero-order valence-corrected chi connectivity index (χ0v) is 11.2. The number of thiophene rings is 1. The Balaban J connectivity index is 2.73. The molecule has 0 aromatic carbocycles. The summed E-state index contributed by atoms with van der Waals surface area (Å²) in [4.78, 5) is 23.0. The van der Waals surface area contributed by atoms with E-state index in [1.807, 2.05) is 0 Å². The first-order valence-electron chi connectivity index (χ1n) is 4.74. The monoisotopic (exact) mass is 279 g/mol. The van der Waals surface area contributed by atoms with Crippen LogP contribution in [0.3, 0.4) is 0 Å². The lowest BCUT2D eigenvalue weighted by Gasteiger charge is -2.10. The van der Waals surface area contributed by atoms with E-state index in [0.29, 0.717) is 20.7 Å². The van der Waals surface area contributed by atoms with Crippen molar-refractivity contribution in [2.24, 2.45) is 0 Å². The number of hydrogen-bond donors (Lipinski definition) is 1. The Hall–Kier alpha value is -0.580. The normalized spacial score (nSPS) is 12.2. The van der Waals surface area contributed by atoms with Crippen LogP contribution < -0.4 is 5.32 Å². The van der Waals surface area contributed by atoms with Crippen LogP contribution in [0.2, 0.25) is 8.67 Å². The average molecular weight is 280 g/mol. The van der Waals surface area contributed by atoms with Crippen molar-refractivity contribution in [3.8, 4) is 0 Å². The van der Waals surface area contributed by atoms with Gasteiger partial charge in [0.2, 0.25) is 0 Å². The van der Waals surface area contributed by atoms with E-state index in [2.05, 4.69) is 5.32 Å². The fourth-order valence-corrected chi connectivity index (χ4v) is 2.61. The third-order valence-electron chi connectivity index (χ3n) is 2.08. The molecule has 0 saturated heterocycles. The van der Waals surface area contributed by atoms with Gasteiger partial charge in [-0.3, -0.25) is 9.59 Å². The third kappa shape index (κ3) is 3.20. The van der Waals surface area contributed by atoms with Crippen LogP contribution in [0.15, 0.2) is 6.07 Å². The van der Waals surface area contributed by atoms with Crippen molar-refractivity contribution in [3.63, 3.8) is 0 Å². The number of amides is 1. The molecule has 1 aromatic heterocycles. The van der Waals surface area contributed by atoms with Gasteiger partial charge >= 0.3 is 0 Å². The molecule has 1 unspecified atom stereocenters. The zero-order chi connectivity index (χ0) is 12.3. The highest BCUT2D eigenvalue weighted by atomic mass is 35.5. The van der Waals surface area contributed by atoms with Gasteiger partial charge in [-0.2, -0.15) is 0 Å². The molecule has 0 aliphatic carbocycles. The minimum Gasteiger partial charge on any atom is -0.342 e. The van der Waals surface area contributed by atoms with E-state index in [1.54, 1.807) is 13.8 Å². The Labute approximate surface area is 108 Å². The second-order valence-corrected chi connectivity index (χ2v) is 5.54. The summed E-state index contributed by atoms with van der Waals surface area (Å²) in [5, 5.41) is 2.58. The smallest absolute Gasteiger partial charge is 0.254 e. The standard InChI is InChI=1S/C10H11Cl2NO2S/c1-3-7(14)5(2)13-10(15)6-4-8(11)16-9(6)12/h4-5H,3H2,1-2H3,(H,13,15). The van der Waals surface area contributed by atoms with E-state index in [4.69, 9.17) is 23.2 Å². The first-order chi connectivity index (χ1) is 7.45. The minimum atomic E-state index is -0.507. The van der Waals surface area contributed by atoms with Crippen LogP contribution in [0.5, 0.6) is 0 Å². The highest BCUT2D eigenvalue weighted by Crippen LogP contribution is 2.30. The summed E-state index contributed by atoms with van der Waals surface area (Å²) in [5.41, 5.74) is 0.312. The van der Waals surface area contributed by atoms with Crippen molar-refractivity contribution in [2.75, 3.05) is 0 Å². The molecule has 0 aliphatic rings. The Morgan fingerprint density at radius 1 is 1.50 bits per heavy atom. The molecule has 3 nitrogen and oxygen atoms in total. The molecule has 1 aromatic rings. The van der Waals surface area contributed by atoms with Gasteiger partial charge in [-0.05, 0) is 13.0 Å². The SMILES string of the molecule is CCC(=O)C(C)NC(=O)c1cc(Cl)sc1Cl. The molecule has 0 bridgehead atoms. The number of hydrogen-bond acceptors (Lipinski definition) is 3. The maximum Gasteiger partial charge on any atom is 0.254 e. The van der Waals surface area contributed by atoms with Gasteiger partial charge in [-0.15, -0.1) is 11.3 Å². The Kier molecular flexibility index (Phi) is 4.77. The fraction of sp³-hybridized carbons (Fsp3) is 0.400. The van der Waals surface area contributed by atoms with Crippen LogP contribution in [-0.4, -0.2) is 17.7 Å². The molecular weight excluding hydrogens is 269 g/mol. The summed E-state index contributed by atoms with van der Waals surface area (Å²) in [6.07, 6.45) is 0.388. The van der Waals surface area contributed by atoms with Crippen molar-refractivity contribution < 1.29 is 9.59 Å². The largest absolute Gasteiger partial charge is 0.342 e. The van der Waals surface area contributed by atoms with Crippen LogP contribution in [0.1, 0.15) is 30.6 Å². The third-order valence-corrected chi connectivity index (χ3v) is 3.57. The lowest BCUT2D eigenvalue weighted by molar-refractivity contribution is -0.120. The van der Waals surface area contributed by atoms with E-state index in [9.17, 15) is 9.59 Å². The molecule has 1 heterocycles. The summed E-state index contributed by atoms with van der Waals surface area (Å²) < 4.78 is 0.781. The number of nitrogens with one attached hydrogen (secondary N) is 1. The van der Waals surface area contributed by atoms with Crippen molar-refractivity contribution in [3.05, 3.63) is 20.3 Å². The lowest BCUT2D eigenvalue weighted by Crippen LogP contribution is -2.38. The molecule has 88 valence electrons. The van der Waals surface area contributed by atoms with Gasteiger partial charge in [0, 0.05) is 6.42 Å². The molecule has 16 heavy (non-hydrogen) atoms. The van der Waals surface area contributed by atoms with Gasteiger partial charge in [0.15, 0.2) is 5.78 Å². The van der Waals surface area contributed by atoms with Crippen molar-refractivity contribution in [1.82, 2.24) is 5.32 Å². The molecular formula is C10H11Cl2NO2S. The summed E-state index contributed by atoms with van der Waals surface area (Å²) in [5.74, 6) is -0.395. The number of carbonyl (C=O) groups is 2. The molecule has 6 heteroatoms. The molecule has 1 atom stereocenters. The van der Waals surface area contributed by atoms with Crippen LogP contribution >= 0.6 is 34.5 Å². The predicted molar refractivity (Wildman–Crippen MR) is 66.6 cm³/mol. The van der Waals surface area contributed by atoms with Crippen molar-refractivity contribution in [2.45, 2.75) is 26.3 Å². The van der Waals surface area contributed by atoms with Crippen LogP contribution in [-0.2, 0) is 4.79 Å². The van der Waals surface area contributed by atoms with Crippen molar-refractivity contribution >= 4 is 46.2 Å². The van der Waals surface area contributed by atoms with Gasteiger partial charge in [0.1, 0.15) is 4.34 Å². The Morgan fingerprint density at radius 2 is 2.12 bits per heavy atom. The molecule has 0 fully saturated rings.